The fourth-order valence-corrected chi connectivity index (χ4v) is 2.01. The lowest BCUT2D eigenvalue weighted by Gasteiger charge is -2.17. The molecule has 128 valence electrons. The molecule has 0 radical (unpaired) electrons. The number of carbonyl (C=O) groups is 2. The molecule has 0 aromatic heterocycles. The summed E-state index contributed by atoms with van der Waals surface area (Å²) in [6, 6.07) is 3.52. The number of benzene rings is 1. The molecule has 0 fully saturated rings. The molecule has 8 heteroatoms. The molecular weight excluding hydrogens is 315 g/mol. The van der Waals surface area contributed by atoms with Gasteiger partial charge >= 0.3 is 12.1 Å². The lowest BCUT2D eigenvalue weighted by molar-refractivity contribution is -0.143. The van der Waals surface area contributed by atoms with E-state index in [1.807, 2.05) is 0 Å². The maximum Gasteiger partial charge on any atom is 0.416 e. The van der Waals surface area contributed by atoms with Gasteiger partial charge in [0.05, 0.1) is 12.2 Å². The molecule has 23 heavy (non-hydrogen) atoms. The average Bonchev–Trinajstić information content (AvgIpc) is 2.45. The summed E-state index contributed by atoms with van der Waals surface area (Å²) in [6.45, 7) is 1.40. The molecule has 5 nitrogen and oxygen atoms in total. The summed E-state index contributed by atoms with van der Waals surface area (Å²) in [7, 11) is 1.30. The number of hydrogen-bond acceptors (Lipinski definition) is 3. The smallest absolute Gasteiger partial charge is 0.416 e. The molecule has 1 amide bonds. The average molecular weight is 333 g/mol. The zero-order valence-corrected chi connectivity index (χ0v) is 12.7. The highest BCUT2D eigenvalue weighted by Crippen LogP contribution is 2.31. The maximum absolute atomic E-state index is 12.7. The summed E-state index contributed by atoms with van der Waals surface area (Å²) < 4.78 is 42.7. The molecule has 1 rings (SSSR count). The molecular formula is C15H18F3NO4. The molecule has 0 spiro atoms. The quantitative estimate of drug-likeness (QED) is 0.803. The van der Waals surface area contributed by atoms with Gasteiger partial charge < -0.3 is 15.2 Å². The Morgan fingerprint density at radius 3 is 2.52 bits per heavy atom. The summed E-state index contributed by atoms with van der Waals surface area (Å²) in [5, 5.41) is 11.2. The van der Waals surface area contributed by atoms with Crippen molar-refractivity contribution in [2.24, 2.45) is 0 Å². The zero-order valence-electron chi connectivity index (χ0n) is 12.7. The highest BCUT2D eigenvalue weighted by molar-refractivity contribution is 5.84. The molecule has 0 bridgehead atoms. The maximum atomic E-state index is 12.7. The fourth-order valence-electron chi connectivity index (χ4n) is 2.01. The minimum atomic E-state index is -4.45. The first kappa shape index (κ1) is 19.0. The Kier molecular flexibility index (Phi) is 6.56. The van der Waals surface area contributed by atoms with Crippen LogP contribution in [-0.2, 0) is 20.5 Å². The molecule has 0 saturated heterocycles. The topological polar surface area (TPSA) is 75.6 Å². The Hall–Kier alpha value is -2.09. The molecule has 1 aromatic rings. The fraction of sp³-hybridized carbons (Fsp3) is 0.467. The van der Waals surface area contributed by atoms with E-state index in [9.17, 15) is 22.8 Å². The van der Waals surface area contributed by atoms with Crippen LogP contribution in [0.3, 0.4) is 0 Å². The third kappa shape index (κ3) is 5.90. The van der Waals surface area contributed by atoms with Crippen molar-refractivity contribution in [3.05, 3.63) is 35.4 Å². The number of carbonyl (C=O) groups excluding carboxylic acids is 1. The van der Waals surface area contributed by atoms with E-state index in [0.29, 0.717) is 5.56 Å². The van der Waals surface area contributed by atoms with Gasteiger partial charge in [-0.2, -0.15) is 13.2 Å². The summed E-state index contributed by atoms with van der Waals surface area (Å²) in [6.07, 6.45) is -4.58. The van der Waals surface area contributed by atoms with Crippen molar-refractivity contribution in [1.29, 1.82) is 0 Å². The van der Waals surface area contributed by atoms with Crippen LogP contribution in [0.1, 0.15) is 30.4 Å². The molecule has 2 atom stereocenters. The van der Waals surface area contributed by atoms with Crippen LogP contribution < -0.4 is 5.32 Å². The Morgan fingerprint density at radius 1 is 1.35 bits per heavy atom. The number of hydrogen-bond donors (Lipinski definition) is 2. The number of carboxylic acid groups (broad SMARTS) is 1. The zero-order chi connectivity index (χ0) is 17.6. The van der Waals surface area contributed by atoms with E-state index in [1.54, 1.807) is 6.92 Å². The van der Waals surface area contributed by atoms with Crippen molar-refractivity contribution in [3.63, 3.8) is 0 Å². The van der Waals surface area contributed by atoms with Crippen molar-refractivity contribution in [1.82, 2.24) is 5.32 Å². The van der Waals surface area contributed by atoms with E-state index in [0.717, 1.165) is 12.1 Å². The summed E-state index contributed by atoms with van der Waals surface area (Å²) in [5.41, 5.74) is -0.432. The third-order valence-electron chi connectivity index (χ3n) is 3.24. The minimum Gasteiger partial charge on any atom is -0.480 e. The largest absolute Gasteiger partial charge is 0.480 e. The van der Waals surface area contributed by atoms with Crippen LogP contribution in [0, 0.1) is 0 Å². The van der Waals surface area contributed by atoms with Crippen LogP contribution in [-0.4, -0.2) is 36.7 Å². The van der Waals surface area contributed by atoms with Crippen LogP contribution in [0.5, 0.6) is 0 Å². The lowest BCUT2D eigenvalue weighted by Crippen LogP contribution is -2.44. The highest BCUT2D eigenvalue weighted by Gasteiger charge is 2.31. The van der Waals surface area contributed by atoms with Gasteiger partial charge in [-0.25, -0.2) is 4.79 Å². The van der Waals surface area contributed by atoms with Gasteiger partial charge in [0.1, 0.15) is 0 Å². The number of aliphatic carboxylic acids is 1. The van der Waals surface area contributed by atoms with Crippen LogP contribution >= 0.6 is 0 Å². The van der Waals surface area contributed by atoms with E-state index < -0.39 is 35.6 Å². The SMILES string of the molecule is COCC(NC(=O)CC(C)c1cccc(C(F)(F)F)c1)C(=O)O. The molecule has 0 aliphatic rings. The van der Waals surface area contributed by atoms with Gasteiger partial charge in [-0.15, -0.1) is 0 Å². The molecule has 0 saturated carbocycles. The first-order valence-corrected chi connectivity index (χ1v) is 6.83. The monoisotopic (exact) mass is 333 g/mol. The van der Waals surface area contributed by atoms with Crippen molar-refractivity contribution >= 4 is 11.9 Å². The van der Waals surface area contributed by atoms with Crippen LogP contribution in [0.15, 0.2) is 24.3 Å². The summed E-state index contributed by atoms with van der Waals surface area (Å²) in [5.74, 6) is -2.31. The Labute approximate surface area is 131 Å². The second-order valence-corrected chi connectivity index (χ2v) is 5.14. The molecule has 0 aliphatic heterocycles. The number of amides is 1. The molecule has 1 aromatic carbocycles. The number of methoxy groups -OCH3 is 1. The Balaban J connectivity index is 2.73. The first-order chi connectivity index (χ1) is 10.6. The predicted octanol–water partition coefficient (Wildman–Crippen LogP) is 2.41. The predicted molar refractivity (Wildman–Crippen MR) is 75.9 cm³/mol. The van der Waals surface area contributed by atoms with E-state index in [-0.39, 0.29) is 13.0 Å². The summed E-state index contributed by atoms with van der Waals surface area (Å²) in [4.78, 5) is 22.8. The van der Waals surface area contributed by atoms with Gasteiger partial charge in [0.15, 0.2) is 6.04 Å². The number of halogens is 3. The van der Waals surface area contributed by atoms with Gasteiger partial charge in [0, 0.05) is 13.5 Å². The summed E-state index contributed by atoms with van der Waals surface area (Å²) >= 11 is 0. The van der Waals surface area contributed by atoms with Gasteiger partial charge in [-0.3, -0.25) is 4.79 Å². The van der Waals surface area contributed by atoms with E-state index >= 15 is 0 Å². The van der Waals surface area contributed by atoms with Crippen molar-refractivity contribution in [3.8, 4) is 0 Å². The van der Waals surface area contributed by atoms with Gasteiger partial charge in [-0.05, 0) is 17.5 Å². The third-order valence-corrected chi connectivity index (χ3v) is 3.24. The van der Waals surface area contributed by atoms with Gasteiger partial charge in [0.25, 0.3) is 0 Å². The van der Waals surface area contributed by atoms with Gasteiger partial charge in [0.2, 0.25) is 5.91 Å². The number of ether oxygens (including phenoxy) is 1. The second-order valence-electron chi connectivity index (χ2n) is 5.14. The van der Waals surface area contributed by atoms with E-state index in [1.165, 1.54) is 19.2 Å². The number of alkyl halides is 3. The van der Waals surface area contributed by atoms with Crippen LogP contribution in [0.4, 0.5) is 13.2 Å². The first-order valence-electron chi connectivity index (χ1n) is 6.83. The van der Waals surface area contributed by atoms with Crippen LogP contribution in [0.2, 0.25) is 0 Å². The number of nitrogens with one attached hydrogen (secondary N) is 1. The number of rotatable bonds is 7. The minimum absolute atomic E-state index is 0.130. The van der Waals surface area contributed by atoms with Gasteiger partial charge in [-0.1, -0.05) is 25.1 Å². The second kappa shape index (κ2) is 7.96. The molecule has 0 aliphatic carbocycles. The molecule has 2 N–H and O–H groups in total. The van der Waals surface area contributed by atoms with Crippen molar-refractivity contribution in [2.75, 3.05) is 13.7 Å². The van der Waals surface area contributed by atoms with Crippen molar-refractivity contribution in [2.45, 2.75) is 31.5 Å². The standard InChI is InChI=1S/C15H18F3NO4/c1-9(6-13(20)19-12(8-23-2)14(21)22)10-4-3-5-11(7-10)15(16,17)18/h3-5,7,9,12H,6,8H2,1-2H3,(H,19,20)(H,21,22). The molecule has 0 heterocycles. The highest BCUT2D eigenvalue weighted by atomic mass is 19.4. The van der Waals surface area contributed by atoms with E-state index in [4.69, 9.17) is 5.11 Å². The Morgan fingerprint density at radius 2 is 2.00 bits per heavy atom. The normalized spacial score (nSPS) is 14.1. The lowest BCUT2D eigenvalue weighted by atomic mass is 9.95. The molecule has 2 unspecified atom stereocenters. The van der Waals surface area contributed by atoms with E-state index in [2.05, 4.69) is 10.1 Å². The van der Waals surface area contributed by atoms with Crippen LogP contribution in [0.25, 0.3) is 0 Å². The van der Waals surface area contributed by atoms with Crippen molar-refractivity contribution < 1.29 is 32.6 Å². The number of carboxylic acids is 1. The Bertz CT molecular complexity index is 560.